The van der Waals surface area contributed by atoms with Gasteiger partial charge in [-0.15, -0.1) is 0 Å². The predicted molar refractivity (Wildman–Crippen MR) is 102 cm³/mol. The molecule has 0 bridgehead atoms. The lowest BCUT2D eigenvalue weighted by Crippen LogP contribution is -2.48. The smallest absolute Gasteiger partial charge is 0.313 e. The van der Waals surface area contributed by atoms with Gasteiger partial charge in [0.05, 0.1) is 16.9 Å². The third-order valence-corrected chi connectivity index (χ3v) is 6.17. The summed E-state index contributed by atoms with van der Waals surface area (Å²) in [4.78, 5) is 22.3. The average Bonchev–Trinajstić information content (AvgIpc) is 2.94. The van der Waals surface area contributed by atoms with E-state index < -0.39 is 5.41 Å². The van der Waals surface area contributed by atoms with Crippen molar-refractivity contribution in [3.63, 3.8) is 0 Å². The molecular weight excluding hydrogens is 362 g/mol. The van der Waals surface area contributed by atoms with Gasteiger partial charge >= 0.3 is 5.97 Å². The lowest BCUT2D eigenvalue weighted by molar-refractivity contribution is -0.160. The summed E-state index contributed by atoms with van der Waals surface area (Å²) >= 11 is 7.91. The van der Waals surface area contributed by atoms with Crippen LogP contribution in [-0.2, 0) is 20.8 Å². The van der Waals surface area contributed by atoms with Gasteiger partial charge in [0.1, 0.15) is 5.15 Å². The highest BCUT2D eigenvalue weighted by molar-refractivity contribution is 7.16. The number of rotatable bonds is 8. The van der Waals surface area contributed by atoms with E-state index in [4.69, 9.17) is 21.1 Å². The van der Waals surface area contributed by atoms with Crippen LogP contribution in [0.2, 0.25) is 5.15 Å². The number of aromatic nitrogens is 1. The fraction of sp³-hybridized carbons (Fsp3) is 0.765. The number of carbonyl (C=O) groups is 1. The highest BCUT2D eigenvalue weighted by Crippen LogP contribution is 2.37. The molecule has 1 aliphatic rings. The molecule has 0 spiro atoms. The van der Waals surface area contributed by atoms with Gasteiger partial charge in [0.2, 0.25) is 0 Å². The molecule has 0 saturated carbocycles. The van der Waals surface area contributed by atoms with Crippen molar-refractivity contribution >= 4 is 34.0 Å². The molecule has 1 aromatic heterocycles. The van der Waals surface area contributed by atoms with Gasteiger partial charge in [-0.3, -0.25) is 9.69 Å². The van der Waals surface area contributed by atoms with Crippen molar-refractivity contribution in [2.75, 3.05) is 52.4 Å². The van der Waals surface area contributed by atoms with Gasteiger partial charge in [0.25, 0.3) is 0 Å². The normalized spacial score (nSPS) is 21.3. The van der Waals surface area contributed by atoms with E-state index in [9.17, 15) is 4.79 Å². The molecule has 2 heterocycles. The Morgan fingerprint density at radius 3 is 2.84 bits per heavy atom. The fourth-order valence-corrected chi connectivity index (χ4v) is 4.45. The van der Waals surface area contributed by atoms with E-state index in [1.807, 2.05) is 25.9 Å². The van der Waals surface area contributed by atoms with Crippen molar-refractivity contribution in [2.45, 2.75) is 32.7 Å². The second kappa shape index (κ2) is 9.16. The second-order valence-corrected chi connectivity index (χ2v) is 8.08. The monoisotopic (exact) mass is 389 g/mol. The maximum Gasteiger partial charge on any atom is 0.313 e. The molecule has 25 heavy (non-hydrogen) atoms. The minimum absolute atomic E-state index is 0.110. The highest BCUT2D eigenvalue weighted by atomic mass is 35.5. The van der Waals surface area contributed by atoms with Crippen LogP contribution in [0.3, 0.4) is 0 Å². The van der Waals surface area contributed by atoms with E-state index in [1.54, 1.807) is 18.4 Å². The largest absolute Gasteiger partial charge is 0.466 e. The molecular formula is C17H28ClN3O3S. The molecule has 1 aliphatic heterocycles. The molecule has 0 aromatic carbocycles. The predicted octanol–water partition coefficient (Wildman–Crippen LogP) is 3.04. The zero-order valence-electron chi connectivity index (χ0n) is 15.5. The first kappa shape index (κ1) is 20.4. The van der Waals surface area contributed by atoms with Crippen LogP contribution < -0.4 is 4.90 Å². The van der Waals surface area contributed by atoms with Crippen molar-refractivity contribution in [3.05, 3.63) is 10.0 Å². The number of hydrogen-bond acceptors (Lipinski definition) is 7. The van der Waals surface area contributed by atoms with Gasteiger partial charge < -0.3 is 14.4 Å². The van der Waals surface area contributed by atoms with Crippen molar-refractivity contribution in [3.8, 4) is 0 Å². The van der Waals surface area contributed by atoms with Crippen LogP contribution in [0.4, 0.5) is 5.13 Å². The van der Waals surface area contributed by atoms with Crippen LogP contribution in [0.5, 0.6) is 0 Å². The number of esters is 1. The Kier molecular flexibility index (Phi) is 7.49. The summed E-state index contributed by atoms with van der Waals surface area (Å²) in [5, 5.41) is 1.45. The van der Waals surface area contributed by atoms with Crippen LogP contribution in [0.25, 0.3) is 0 Å². The number of carbonyl (C=O) groups excluding carboxylic acids is 1. The van der Waals surface area contributed by atoms with E-state index in [-0.39, 0.29) is 5.97 Å². The summed E-state index contributed by atoms with van der Waals surface area (Å²) in [6, 6.07) is 0. The molecule has 1 aromatic rings. The number of thiazole rings is 1. The molecule has 0 aliphatic carbocycles. The van der Waals surface area contributed by atoms with Crippen LogP contribution in [0.1, 0.15) is 31.1 Å². The molecule has 0 amide bonds. The van der Waals surface area contributed by atoms with E-state index in [2.05, 4.69) is 9.88 Å². The molecule has 8 heteroatoms. The Labute approximate surface area is 159 Å². The number of piperidine rings is 1. The molecule has 1 atom stereocenters. The first-order valence-corrected chi connectivity index (χ1v) is 9.82. The standard InChI is InChI=1S/C17H28ClN3O3S/c1-5-24-15(22)17(8-10-23-4)7-6-9-21(12-17)11-13-14(18)19-16(25-13)20(2)3/h5-12H2,1-4H3/t17-/m0/s1. The molecule has 1 fully saturated rings. The van der Waals surface area contributed by atoms with Gasteiger partial charge in [-0.1, -0.05) is 22.9 Å². The summed E-state index contributed by atoms with van der Waals surface area (Å²) < 4.78 is 10.6. The topological polar surface area (TPSA) is 54.9 Å². The van der Waals surface area contributed by atoms with Crippen molar-refractivity contribution in [2.24, 2.45) is 5.41 Å². The molecule has 1 saturated heterocycles. The Bertz CT molecular complexity index is 581. The number of likely N-dealkylation sites (tertiary alicyclic amines) is 1. The number of nitrogens with zero attached hydrogens (tertiary/aromatic N) is 3. The van der Waals surface area contributed by atoms with Gasteiger partial charge in [0.15, 0.2) is 5.13 Å². The molecule has 2 rings (SSSR count). The van der Waals surface area contributed by atoms with Crippen LogP contribution in [-0.4, -0.2) is 63.4 Å². The highest BCUT2D eigenvalue weighted by Gasteiger charge is 2.43. The summed E-state index contributed by atoms with van der Waals surface area (Å²) in [6.07, 6.45) is 2.47. The van der Waals surface area contributed by atoms with E-state index in [1.165, 1.54) is 0 Å². The van der Waals surface area contributed by atoms with Gasteiger partial charge in [-0.2, -0.15) is 0 Å². The van der Waals surface area contributed by atoms with E-state index >= 15 is 0 Å². The maximum atomic E-state index is 12.6. The molecule has 0 N–H and O–H groups in total. The van der Waals surface area contributed by atoms with Gasteiger partial charge in [-0.05, 0) is 32.7 Å². The van der Waals surface area contributed by atoms with Crippen molar-refractivity contribution in [1.82, 2.24) is 9.88 Å². The third-order valence-electron chi connectivity index (χ3n) is 4.54. The summed E-state index contributed by atoms with van der Waals surface area (Å²) in [5.41, 5.74) is -0.494. The summed E-state index contributed by atoms with van der Waals surface area (Å²) in [6.45, 7) is 5.13. The molecule has 0 unspecified atom stereocenters. The quantitative estimate of drug-likeness (QED) is 0.637. The second-order valence-electron chi connectivity index (χ2n) is 6.66. The Hall–Kier alpha value is -0.890. The Morgan fingerprint density at radius 1 is 1.48 bits per heavy atom. The first-order chi connectivity index (χ1) is 11.9. The van der Waals surface area contributed by atoms with Crippen LogP contribution in [0.15, 0.2) is 0 Å². The number of halogens is 1. The van der Waals surface area contributed by atoms with E-state index in [0.29, 0.717) is 37.9 Å². The maximum absolute atomic E-state index is 12.6. The van der Waals surface area contributed by atoms with Crippen LogP contribution >= 0.6 is 22.9 Å². The van der Waals surface area contributed by atoms with Gasteiger partial charge in [0, 0.05) is 40.9 Å². The first-order valence-electron chi connectivity index (χ1n) is 8.63. The molecule has 6 nitrogen and oxygen atoms in total. The van der Waals surface area contributed by atoms with Crippen molar-refractivity contribution in [1.29, 1.82) is 0 Å². The summed E-state index contributed by atoms with van der Waals surface area (Å²) in [5.74, 6) is -0.110. The van der Waals surface area contributed by atoms with Gasteiger partial charge in [-0.25, -0.2) is 4.98 Å². The Balaban J connectivity index is 2.12. The lowest BCUT2D eigenvalue weighted by atomic mass is 9.77. The number of methoxy groups -OCH3 is 1. The van der Waals surface area contributed by atoms with Crippen LogP contribution in [0, 0.1) is 5.41 Å². The number of anilines is 1. The third kappa shape index (κ3) is 5.06. The number of hydrogen-bond donors (Lipinski definition) is 0. The molecule has 142 valence electrons. The van der Waals surface area contributed by atoms with Crippen molar-refractivity contribution < 1.29 is 14.3 Å². The molecule has 0 radical (unpaired) electrons. The van der Waals surface area contributed by atoms with E-state index in [0.717, 1.165) is 29.4 Å². The number of ether oxygens (including phenoxy) is 2. The zero-order valence-corrected chi connectivity index (χ0v) is 17.1. The minimum atomic E-state index is -0.494. The zero-order chi connectivity index (χ0) is 18.4. The summed E-state index contributed by atoms with van der Waals surface area (Å²) in [7, 11) is 5.58. The lowest BCUT2D eigenvalue weighted by Gasteiger charge is -2.40. The minimum Gasteiger partial charge on any atom is -0.466 e. The Morgan fingerprint density at radius 2 is 2.24 bits per heavy atom. The average molecular weight is 390 g/mol. The fourth-order valence-electron chi connectivity index (χ4n) is 3.23. The SMILES string of the molecule is CCOC(=O)[C@]1(CCOC)CCCN(Cc2sc(N(C)C)nc2Cl)C1.